The van der Waals surface area contributed by atoms with Crippen LogP contribution in [0.3, 0.4) is 0 Å². The Labute approximate surface area is 325 Å². The number of rotatable bonds is 5. The molecule has 0 aliphatic rings. The lowest BCUT2D eigenvalue weighted by Crippen LogP contribution is -2.00. The Balaban J connectivity index is 1.06. The first kappa shape index (κ1) is 31.5. The summed E-state index contributed by atoms with van der Waals surface area (Å²) in [6, 6.07) is 62.7. The molecule has 4 aromatic heterocycles. The SMILES string of the molecule is c1ccc(-c2nc(-c3ccc4c(c3)oc3cccc(-c5cccc6c7ccccc7n(-c7ccccc7)c56)c34)nc(-c3cccc4c3oc3ccccc34)n2)cc1. The van der Waals surface area contributed by atoms with Crippen molar-refractivity contribution in [3.05, 3.63) is 182 Å². The van der Waals surface area contributed by atoms with Crippen molar-refractivity contribution in [3.8, 4) is 51.0 Å². The monoisotopic (exact) mass is 730 g/mol. The van der Waals surface area contributed by atoms with Gasteiger partial charge in [-0.2, -0.15) is 0 Å². The van der Waals surface area contributed by atoms with E-state index in [9.17, 15) is 0 Å². The van der Waals surface area contributed by atoms with Gasteiger partial charge < -0.3 is 13.4 Å². The molecule has 0 atom stereocenters. The predicted octanol–water partition coefficient (Wildman–Crippen LogP) is 13.4. The number of benzene rings is 8. The minimum atomic E-state index is 0.539. The van der Waals surface area contributed by atoms with Gasteiger partial charge in [-0.15, -0.1) is 0 Å². The van der Waals surface area contributed by atoms with Gasteiger partial charge in [0.05, 0.1) is 16.6 Å². The van der Waals surface area contributed by atoms with Crippen molar-refractivity contribution in [1.29, 1.82) is 0 Å². The molecule has 12 aromatic rings. The van der Waals surface area contributed by atoms with E-state index >= 15 is 0 Å². The van der Waals surface area contributed by atoms with E-state index in [2.05, 4.69) is 120 Å². The molecule has 6 heteroatoms. The molecule has 57 heavy (non-hydrogen) atoms. The summed E-state index contributed by atoms with van der Waals surface area (Å²) in [7, 11) is 0. The Hall–Kier alpha value is -7.83. The lowest BCUT2D eigenvalue weighted by atomic mass is 9.97. The molecule has 0 N–H and O–H groups in total. The minimum absolute atomic E-state index is 0.539. The third kappa shape index (κ3) is 4.87. The topological polar surface area (TPSA) is 69.9 Å². The van der Waals surface area contributed by atoms with Crippen LogP contribution in [0.5, 0.6) is 0 Å². The number of hydrogen-bond donors (Lipinski definition) is 0. The van der Waals surface area contributed by atoms with Crippen molar-refractivity contribution in [2.45, 2.75) is 0 Å². The van der Waals surface area contributed by atoms with E-state index < -0.39 is 0 Å². The van der Waals surface area contributed by atoms with E-state index in [1.54, 1.807) is 0 Å². The molecule has 12 rings (SSSR count). The first-order valence-electron chi connectivity index (χ1n) is 19.0. The molecule has 0 spiro atoms. The van der Waals surface area contributed by atoms with Crippen LogP contribution in [0.1, 0.15) is 0 Å². The van der Waals surface area contributed by atoms with Crippen molar-refractivity contribution in [1.82, 2.24) is 19.5 Å². The van der Waals surface area contributed by atoms with E-state index in [1.165, 1.54) is 16.3 Å². The van der Waals surface area contributed by atoms with Crippen molar-refractivity contribution in [3.63, 3.8) is 0 Å². The average molecular weight is 731 g/mol. The summed E-state index contributed by atoms with van der Waals surface area (Å²) in [5, 5.41) is 6.58. The highest BCUT2D eigenvalue weighted by Gasteiger charge is 2.22. The van der Waals surface area contributed by atoms with Gasteiger partial charge in [-0.05, 0) is 54.1 Å². The fourth-order valence-electron chi connectivity index (χ4n) is 8.54. The third-order valence-corrected chi connectivity index (χ3v) is 11.1. The van der Waals surface area contributed by atoms with Crippen LogP contribution in [0, 0.1) is 0 Å². The second kappa shape index (κ2) is 12.3. The molecule has 0 saturated carbocycles. The van der Waals surface area contributed by atoms with E-state index in [0.29, 0.717) is 17.5 Å². The van der Waals surface area contributed by atoms with Crippen molar-refractivity contribution < 1.29 is 8.83 Å². The second-order valence-electron chi connectivity index (χ2n) is 14.3. The molecule has 0 saturated heterocycles. The van der Waals surface area contributed by atoms with E-state index in [-0.39, 0.29) is 0 Å². The molecule has 0 radical (unpaired) electrons. The summed E-state index contributed by atoms with van der Waals surface area (Å²) in [5.41, 5.74) is 11.4. The summed E-state index contributed by atoms with van der Waals surface area (Å²) >= 11 is 0. The molecule has 0 unspecified atom stereocenters. The number of para-hydroxylation sites is 5. The van der Waals surface area contributed by atoms with Crippen LogP contribution in [0.25, 0.3) is 117 Å². The number of nitrogens with zero attached hydrogens (tertiary/aromatic N) is 4. The smallest absolute Gasteiger partial charge is 0.167 e. The molecule has 0 aliphatic carbocycles. The molecule has 4 heterocycles. The summed E-state index contributed by atoms with van der Waals surface area (Å²) in [6.45, 7) is 0. The molecule has 0 aliphatic heterocycles. The predicted molar refractivity (Wildman–Crippen MR) is 230 cm³/mol. The lowest BCUT2D eigenvalue weighted by molar-refractivity contribution is 0.668. The summed E-state index contributed by atoms with van der Waals surface area (Å²) in [6.07, 6.45) is 0. The summed E-state index contributed by atoms with van der Waals surface area (Å²) in [4.78, 5) is 15.2. The van der Waals surface area contributed by atoms with Crippen molar-refractivity contribution in [2.24, 2.45) is 0 Å². The van der Waals surface area contributed by atoms with E-state index in [0.717, 1.165) is 82.9 Å². The number of fused-ring (bicyclic) bond motifs is 9. The highest BCUT2D eigenvalue weighted by Crippen LogP contribution is 2.43. The van der Waals surface area contributed by atoms with E-state index in [4.69, 9.17) is 23.8 Å². The summed E-state index contributed by atoms with van der Waals surface area (Å²) in [5.74, 6) is 1.67. The number of hydrogen-bond acceptors (Lipinski definition) is 5. The molecule has 8 aromatic carbocycles. The first-order valence-corrected chi connectivity index (χ1v) is 19.0. The Kier molecular flexibility index (Phi) is 6.83. The van der Waals surface area contributed by atoms with Crippen LogP contribution in [0.15, 0.2) is 191 Å². The standard InChI is InChI=1S/C51H30N4O2/c1-3-14-31(15-4-1)49-52-50(54-51(53-49)41-24-12-23-39-35-19-8-10-26-43(35)57-48(39)41)32-28-29-40-45(30-32)56-44-27-13-20-36(46(40)44)38-22-11-21-37-34-18-7-9-25-42(34)55(47(37)38)33-16-5-2-6-17-33/h1-30H. The zero-order valence-electron chi connectivity index (χ0n) is 30.4. The van der Waals surface area contributed by atoms with Gasteiger partial charge in [0.15, 0.2) is 17.5 Å². The number of furan rings is 2. The maximum Gasteiger partial charge on any atom is 0.167 e. The highest BCUT2D eigenvalue weighted by atomic mass is 16.3. The Morgan fingerprint density at radius 3 is 1.86 bits per heavy atom. The van der Waals surface area contributed by atoms with E-state index in [1.807, 2.05) is 66.7 Å². The van der Waals surface area contributed by atoms with Gasteiger partial charge in [-0.1, -0.05) is 133 Å². The zero-order chi connectivity index (χ0) is 37.5. The van der Waals surface area contributed by atoms with Crippen molar-refractivity contribution >= 4 is 65.7 Å². The molecule has 6 nitrogen and oxygen atoms in total. The quantitative estimate of drug-likeness (QED) is 0.176. The molecule has 0 fully saturated rings. The van der Waals surface area contributed by atoms with Gasteiger partial charge in [0, 0.05) is 54.7 Å². The van der Waals surface area contributed by atoms with Crippen LogP contribution in [0.2, 0.25) is 0 Å². The van der Waals surface area contributed by atoms with Gasteiger partial charge >= 0.3 is 0 Å². The highest BCUT2D eigenvalue weighted by molar-refractivity contribution is 6.19. The van der Waals surface area contributed by atoms with Gasteiger partial charge in [0.1, 0.15) is 22.3 Å². The maximum absolute atomic E-state index is 6.69. The van der Waals surface area contributed by atoms with Gasteiger partial charge in [0.25, 0.3) is 0 Å². The molecular formula is C51H30N4O2. The number of aromatic nitrogens is 4. The largest absolute Gasteiger partial charge is 0.456 e. The zero-order valence-corrected chi connectivity index (χ0v) is 30.4. The van der Waals surface area contributed by atoms with Crippen molar-refractivity contribution in [2.75, 3.05) is 0 Å². The molecule has 0 amide bonds. The fraction of sp³-hybridized carbons (Fsp3) is 0. The Morgan fingerprint density at radius 2 is 1.00 bits per heavy atom. The van der Waals surface area contributed by atoms with Crippen LogP contribution in [0.4, 0.5) is 0 Å². The van der Waals surface area contributed by atoms with Gasteiger partial charge in [-0.25, -0.2) is 15.0 Å². The molecular weight excluding hydrogens is 701 g/mol. The lowest BCUT2D eigenvalue weighted by Gasteiger charge is -2.12. The van der Waals surface area contributed by atoms with Gasteiger partial charge in [0.2, 0.25) is 0 Å². The first-order chi connectivity index (χ1) is 28.3. The van der Waals surface area contributed by atoms with Crippen LogP contribution in [-0.4, -0.2) is 19.5 Å². The third-order valence-electron chi connectivity index (χ3n) is 11.1. The second-order valence-corrected chi connectivity index (χ2v) is 14.3. The van der Waals surface area contributed by atoms with Crippen LogP contribution < -0.4 is 0 Å². The summed E-state index contributed by atoms with van der Waals surface area (Å²) < 4.78 is 15.5. The Bertz CT molecular complexity index is 3530. The van der Waals surface area contributed by atoms with Crippen LogP contribution >= 0.6 is 0 Å². The van der Waals surface area contributed by atoms with Gasteiger partial charge in [-0.3, -0.25) is 0 Å². The average Bonchev–Trinajstić information content (AvgIpc) is 3.96. The minimum Gasteiger partial charge on any atom is -0.456 e. The molecule has 266 valence electrons. The molecule has 0 bridgehead atoms. The fourth-order valence-corrected chi connectivity index (χ4v) is 8.54. The normalized spacial score (nSPS) is 11.9. The Morgan fingerprint density at radius 1 is 0.368 bits per heavy atom. The maximum atomic E-state index is 6.69. The van der Waals surface area contributed by atoms with Crippen LogP contribution in [-0.2, 0) is 0 Å².